The first-order chi connectivity index (χ1) is 8.81. The molecular formula is C14H21ClFN3. The molecule has 0 aliphatic heterocycles. The molecule has 0 unspecified atom stereocenters. The number of hydrogen-bond donors (Lipinski definition) is 2. The molecule has 0 aliphatic rings. The first-order valence-corrected chi connectivity index (χ1v) is 6.62. The summed E-state index contributed by atoms with van der Waals surface area (Å²) in [5.74, 6) is 0.428. The largest absolute Gasteiger partial charge is 0.356 e. The summed E-state index contributed by atoms with van der Waals surface area (Å²) < 4.78 is 12.9. The highest BCUT2D eigenvalue weighted by Crippen LogP contribution is 2.17. The molecule has 3 nitrogen and oxygen atoms in total. The molecule has 1 aromatic rings. The van der Waals surface area contributed by atoms with Crippen LogP contribution in [0.4, 0.5) is 4.39 Å². The Hall–Kier alpha value is -1.29. The quantitative estimate of drug-likeness (QED) is 0.662. The number of aliphatic imine (C=N–C) groups is 1. The summed E-state index contributed by atoms with van der Waals surface area (Å²) in [6, 6.07) is 4.46. The van der Waals surface area contributed by atoms with Crippen molar-refractivity contribution in [1.82, 2.24) is 10.6 Å². The first kappa shape index (κ1) is 15.8. The Labute approximate surface area is 119 Å². The molecule has 0 radical (unpaired) electrons. The average molecular weight is 286 g/mol. The molecule has 0 spiro atoms. The van der Waals surface area contributed by atoms with Gasteiger partial charge in [-0.25, -0.2) is 4.39 Å². The zero-order chi connectivity index (χ0) is 14.5. The summed E-state index contributed by atoms with van der Waals surface area (Å²) in [6.45, 7) is 6.88. The Kier molecular flexibility index (Phi) is 5.60. The van der Waals surface area contributed by atoms with E-state index < -0.39 is 0 Å². The smallest absolute Gasteiger partial charge is 0.191 e. The minimum Gasteiger partial charge on any atom is -0.356 e. The van der Waals surface area contributed by atoms with Crippen molar-refractivity contribution in [2.24, 2.45) is 4.99 Å². The highest BCUT2D eigenvalue weighted by Gasteiger charge is 2.11. The van der Waals surface area contributed by atoms with Gasteiger partial charge in [-0.1, -0.05) is 17.7 Å². The fourth-order valence-corrected chi connectivity index (χ4v) is 1.84. The SMILES string of the molecule is CN=C(NCCc1ccc(F)cc1Cl)NC(C)(C)C. The van der Waals surface area contributed by atoms with E-state index in [2.05, 4.69) is 36.4 Å². The number of hydrogen-bond acceptors (Lipinski definition) is 1. The number of benzene rings is 1. The Balaban J connectivity index is 2.49. The number of nitrogens with zero attached hydrogens (tertiary/aromatic N) is 1. The van der Waals surface area contributed by atoms with E-state index in [0.717, 1.165) is 11.5 Å². The van der Waals surface area contributed by atoms with Crippen molar-refractivity contribution in [3.05, 3.63) is 34.6 Å². The van der Waals surface area contributed by atoms with Gasteiger partial charge in [-0.15, -0.1) is 0 Å². The van der Waals surface area contributed by atoms with Crippen molar-refractivity contribution in [1.29, 1.82) is 0 Å². The van der Waals surface area contributed by atoms with Crippen LogP contribution in [0.25, 0.3) is 0 Å². The van der Waals surface area contributed by atoms with Crippen LogP contribution in [0.3, 0.4) is 0 Å². The van der Waals surface area contributed by atoms with E-state index in [9.17, 15) is 4.39 Å². The summed E-state index contributed by atoms with van der Waals surface area (Å²) in [6.07, 6.45) is 0.712. The minimum absolute atomic E-state index is 0.0463. The van der Waals surface area contributed by atoms with E-state index in [4.69, 9.17) is 11.6 Å². The third kappa shape index (κ3) is 5.92. The molecule has 1 aromatic carbocycles. The fourth-order valence-electron chi connectivity index (χ4n) is 1.57. The first-order valence-electron chi connectivity index (χ1n) is 6.24. The van der Waals surface area contributed by atoms with Crippen molar-refractivity contribution in [3.8, 4) is 0 Å². The van der Waals surface area contributed by atoms with Crippen molar-refractivity contribution in [2.45, 2.75) is 32.7 Å². The molecule has 1 rings (SSSR count). The molecule has 0 aliphatic carbocycles. The molecule has 0 saturated heterocycles. The van der Waals surface area contributed by atoms with Crippen molar-refractivity contribution in [2.75, 3.05) is 13.6 Å². The lowest BCUT2D eigenvalue weighted by Crippen LogP contribution is -2.48. The van der Waals surface area contributed by atoms with Crippen LogP contribution in [0.1, 0.15) is 26.3 Å². The van der Waals surface area contributed by atoms with E-state index in [-0.39, 0.29) is 11.4 Å². The Morgan fingerprint density at radius 1 is 1.37 bits per heavy atom. The van der Waals surface area contributed by atoms with Gasteiger partial charge in [-0.3, -0.25) is 4.99 Å². The molecule has 0 heterocycles. The van der Waals surface area contributed by atoms with E-state index in [1.165, 1.54) is 12.1 Å². The number of guanidine groups is 1. The second-order valence-electron chi connectivity index (χ2n) is 5.36. The monoisotopic (exact) mass is 285 g/mol. The number of rotatable bonds is 3. The van der Waals surface area contributed by atoms with Crippen molar-refractivity contribution in [3.63, 3.8) is 0 Å². The standard InChI is InChI=1S/C14H21ClFN3/c1-14(2,3)19-13(17-4)18-8-7-10-5-6-11(16)9-12(10)15/h5-6,9H,7-8H2,1-4H3,(H2,17,18,19). The molecule has 0 amide bonds. The van der Waals surface area contributed by atoms with Gasteiger partial charge in [0.1, 0.15) is 5.82 Å². The lowest BCUT2D eigenvalue weighted by atomic mass is 10.1. The second-order valence-corrected chi connectivity index (χ2v) is 5.77. The van der Waals surface area contributed by atoms with Crippen LogP contribution in [0, 0.1) is 5.82 Å². The average Bonchev–Trinajstić information content (AvgIpc) is 2.29. The zero-order valence-corrected chi connectivity index (χ0v) is 12.6. The van der Waals surface area contributed by atoms with E-state index in [1.807, 2.05) is 0 Å². The molecule has 0 aromatic heterocycles. The van der Waals surface area contributed by atoms with Gasteiger partial charge in [0.05, 0.1) is 0 Å². The summed E-state index contributed by atoms with van der Waals surface area (Å²) in [7, 11) is 1.73. The predicted octanol–water partition coefficient (Wildman–Crippen LogP) is 2.99. The normalized spacial score (nSPS) is 12.4. The van der Waals surface area contributed by atoms with Crippen molar-refractivity contribution >= 4 is 17.6 Å². The van der Waals surface area contributed by atoms with Gasteiger partial charge in [0, 0.05) is 24.2 Å². The summed E-state index contributed by atoms with van der Waals surface area (Å²) in [4.78, 5) is 4.14. The van der Waals surface area contributed by atoms with Crippen LogP contribution in [-0.4, -0.2) is 25.1 Å². The molecule has 0 saturated carbocycles. The van der Waals surface area contributed by atoms with Crippen LogP contribution in [-0.2, 0) is 6.42 Å². The second kappa shape index (κ2) is 6.75. The van der Waals surface area contributed by atoms with Crippen LogP contribution < -0.4 is 10.6 Å². The molecule has 19 heavy (non-hydrogen) atoms. The molecule has 0 atom stereocenters. The van der Waals surface area contributed by atoms with Gasteiger partial charge in [-0.2, -0.15) is 0 Å². The zero-order valence-electron chi connectivity index (χ0n) is 11.8. The van der Waals surface area contributed by atoms with Gasteiger partial charge < -0.3 is 10.6 Å². The third-order valence-corrected chi connectivity index (χ3v) is 2.77. The maximum absolute atomic E-state index is 12.9. The summed E-state index contributed by atoms with van der Waals surface area (Å²) in [5.41, 5.74) is 0.872. The van der Waals surface area contributed by atoms with E-state index in [1.54, 1.807) is 13.1 Å². The lowest BCUT2D eigenvalue weighted by Gasteiger charge is -2.23. The van der Waals surface area contributed by atoms with Gasteiger partial charge in [0.25, 0.3) is 0 Å². The lowest BCUT2D eigenvalue weighted by molar-refractivity contribution is 0.501. The van der Waals surface area contributed by atoms with E-state index >= 15 is 0 Å². The molecule has 0 fully saturated rings. The van der Waals surface area contributed by atoms with Crippen molar-refractivity contribution < 1.29 is 4.39 Å². The van der Waals surface area contributed by atoms with Crippen LogP contribution in [0.15, 0.2) is 23.2 Å². The predicted molar refractivity (Wildman–Crippen MR) is 79.4 cm³/mol. The molecule has 5 heteroatoms. The Bertz CT molecular complexity index is 452. The minimum atomic E-state index is -0.313. The molecule has 106 valence electrons. The van der Waals surface area contributed by atoms with Gasteiger partial charge in [-0.05, 0) is 44.9 Å². The number of nitrogens with one attached hydrogen (secondary N) is 2. The number of halogens is 2. The maximum atomic E-state index is 12.9. The molecule has 0 bridgehead atoms. The Morgan fingerprint density at radius 3 is 2.58 bits per heavy atom. The highest BCUT2D eigenvalue weighted by molar-refractivity contribution is 6.31. The van der Waals surface area contributed by atoms with E-state index in [0.29, 0.717) is 18.0 Å². The summed E-state index contributed by atoms with van der Waals surface area (Å²) in [5, 5.41) is 6.92. The maximum Gasteiger partial charge on any atom is 0.191 e. The van der Waals surface area contributed by atoms with Gasteiger partial charge in [0.15, 0.2) is 5.96 Å². The topological polar surface area (TPSA) is 36.4 Å². The highest BCUT2D eigenvalue weighted by atomic mass is 35.5. The summed E-state index contributed by atoms with van der Waals surface area (Å²) >= 11 is 5.97. The van der Waals surface area contributed by atoms with Crippen LogP contribution in [0.2, 0.25) is 5.02 Å². The fraction of sp³-hybridized carbons (Fsp3) is 0.500. The van der Waals surface area contributed by atoms with Crippen LogP contribution >= 0.6 is 11.6 Å². The van der Waals surface area contributed by atoms with Crippen LogP contribution in [0.5, 0.6) is 0 Å². The van der Waals surface area contributed by atoms with Gasteiger partial charge >= 0.3 is 0 Å². The third-order valence-electron chi connectivity index (χ3n) is 2.42. The van der Waals surface area contributed by atoms with Gasteiger partial charge in [0.2, 0.25) is 0 Å². The molecule has 2 N–H and O–H groups in total. The molecular weight excluding hydrogens is 265 g/mol. The Morgan fingerprint density at radius 2 is 2.05 bits per heavy atom.